The summed E-state index contributed by atoms with van der Waals surface area (Å²) in [4.78, 5) is 2.57. The Kier molecular flexibility index (Phi) is 1.72. The van der Waals surface area contributed by atoms with Crippen LogP contribution < -0.4 is 0 Å². The van der Waals surface area contributed by atoms with Gasteiger partial charge in [0.2, 0.25) is 0 Å². The predicted octanol–water partition coefficient (Wildman–Crippen LogP) is 2.55. The van der Waals surface area contributed by atoms with E-state index in [0.29, 0.717) is 5.54 Å². The van der Waals surface area contributed by atoms with Gasteiger partial charge in [0.15, 0.2) is 0 Å². The number of likely N-dealkylation sites (tertiary alicyclic amines) is 1. The van der Waals surface area contributed by atoms with E-state index in [1.165, 1.54) is 32.2 Å². The van der Waals surface area contributed by atoms with Crippen LogP contribution in [0.3, 0.4) is 0 Å². The molecule has 1 atom stereocenters. The number of fused-ring (bicyclic) bond motifs is 2. The molecule has 74 valence electrons. The Morgan fingerprint density at radius 1 is 1.21 bits per heavy atom. The normalized spacial score (nSPS) is 31.2. The van der Waals surface area contributed by atoms with E-state index in [0.717, 1.165) is 0 Å². The highest BCUT2D eigenvalue weighted by molar-refractivity contribution is 5.39. The lowest BCUT2D eigenvalue weighted by Gasteiger charge is -2.33. The molecule has 1 spiro atoms. The van der Waals surface area contributed by atoms with Gasteiger partial charge in [-0.05, 0) is 50.4 Å². The minimum absolute atomic E-state index is 0.413. The predicted molar refractivity (Wildman–Crippen MR) is 58.3 cm³/mol. The largest absolute Gasteiger partial charge is 0.297 e. The van der Waals surface area contributed by atoms with Crippen molar-refractivity contribution in [2.24, 2.45) is 0 Å². The molecule has 1 aliphatic carbocycles. The van der Waals surface area contributed by atoms with E-state index in [1.807, 2.05) is 0 Å². The topological polar surface area (TPSA) is 3.24 Å². The first-order valence-corrected chi connectivity index (χ1v) is 5.63. The Hall–Kier alpha value is -0.820. The molecule has 1 heteroatoms. The van der Waals surface area contributed by atoms with Crippen molar-refractivity contribution in [3.63, 3.8) is 0 Å². The van der Waals surface area contributed by atoms with Gasteiger partial charge in [-0.1, -0.05) is 24.3 Å². The Balaban J connectivity index is 2.12. The second kappa shape index (κ2) is 2.83. The van der Waals surface area contributed by atoms with Crippen LogP contribution in [0.2, 0.25) is 0 Å². The first-order chi connectivity index (χ1) is 6.83. The summed E-state index contributed by atoms with van der Waals surface area (Å²) in [6, 6.07) is 9.01. The van der Waals surface area contributed by atoms with Gasteiger partial charge in [0.1, 0.15) is 0 Å². The summed E-state index contributed by atoms with van der Waals surface area (Å²) >= 11 is 0. The average molecular weight is 187 g/mol. The quantitative estimate of drug-likeness (QED) is 0.603. The van der Waals surface area contributed by atoms with Gasteiger partial charge >= 0.3 is 0 Å². The van der Waals surface area contributed by atoms with Gasteiger partial charge in [-0.2, -0.15) is 0 Å². The zero-order valence-corrected chi connectivity index (χ0v) is 8.79. The summed E-state index contributed by atoms with van der Waals surface area (Å²) < 4.78 is 0. The maximum absolute atomic E-state index is 2.57. The molecule has 1 nitrogen and oxygen atoms in total. The Morgan fingerprint density at radius 2 is 2.07 bits per heavy atom. The number of hydrogen-bond donors (Lipinski definition) is 0. The van der Waals surface area contributed by atoms with E-state index < -0.39 is 0 Å². The maximum atomic E-state index is 2.57. The highest BCUT2D eigenvalue weighted by atomic mass is 15.2. The van der Waals surface area contributed by atoms with Crippen molar-refractivity contribution in [3.8, 4) is 0 Å². The highest BCUT2D eigenvalue weighted by Gasteiger charge is 2.44. The second-order valence-electron chi connectivity index (χ2n) is 4.71. The Labute approximate surface area is 85.7 Å². The molecule has 0 N–H and O–H groups in total. The van der Waals surface area contributed by atoms with Gasteiger partial charge in [-0.25, -0.2) is 0 Å². The van der Waals surface area contributed by atoms with Gasteiger partial charge in [0.25, 0.3) is 0 Å². The molecule has 0 amide bonds. The number of aryl methyl sites for hydroxylation is 1. The van der Waals surface area contributed by atoms with Crippen molar-refractivity contribution in [1.29, 1.82) is 0 Å². The van der Waals surface area contributed by atoms with Crippen LogP contribution in [0.1, 0.15) is 30.4 Å². The number of hydrogen-bond acceptors (Lipinski definition) is 1. The summed E-state index contributed by atoms with van der Waals surface area (Å²) in [7, 11) is 2.29. The Morgan fingerprint density at radius 3 is 2.86 bits per heavy atom. The van der Waals surface area contributed by atoms with Crippen molar-refractivity contribution < 1.29 is 0 Å². The SMILES string of the molecule is CN1CCCC12CCc1ccccc12. The van der Waals surface area contributed by atoms with Gasteiger partial charge in [0, 0.05) is 5.54 Å². The molecule has 1 aliphatic heterocycles. The molecule has 0 aromatic heterocycles. The van der Waals surface area contributed by atoms with Crippen LogP contribution >= 0.6 is 0 Å². The molecule has 14 heavy (non-hydrogen) atoms. The smallest absolute Gasteiger partial charge is 0.0463 e. The van der Waals surface area contributed by atoms with E-state index in [4.69, 9.17) is 0 Å². The molecule has 2 aliphatic rings. The van der Waals surface area contributed by atoms with Crippen molar-refractivity contribution in [2.45, 2.75) is 31.2 Å². The van der Waals surface area contributed by atoms with Gasteiger partial charge in [0.05, 0.1) is 0 Å². The van der Waals surface area contributed by atoms with Crippen LogP contribution in [-0.2, 0) is 12.0 Å². The summed E-state index contributed by atoms with van der Waals surface area (Å²) in [5.74, 6) is 0. The highest BCUT2D eigenvalue weighted by Crippen LogP contribution is 2.47. The van der Waals surface area contributed by atoms with Crippen molar-refractivity contribution in [1.82, 2.24) is 4.90 Å². The lowest BCUT2D eigenvalue weighted by molar-refractivity contribution is 0.175. The summed E-state index contributed by atoms with van der Waals surface area (Å²) in [6.07, 6.45) is 5.34. The number of benzene rings is 1. The van der Waals surface area contributed by atoms with E-state index in [9.17, 15) is 0 Å². The van der Waals surface area contributed by atoms with Crippen molar-refractivity contribution >= 4 is 0 Å². The zero-order chi connectivity index (χ0) is 9.60. The molecule has 1 saturated heterocycles. The molecule has 3 rings (SSSR count). The van der Waals surface area contributed by atoms with Crippen LogP contribution in [0.25, 0.3) is 0 Å². The molecular weight excluding hydrogens is 170 g/mol. The Bertz CT molecular complexity index is 358. The molecule has 0 bridgehead atoms. The third kappa shape index (κ3) is 0.936. The molecule has 1 unspecified atom stereocenters. The molecule has 1 heterocycles. The standard InChI is InChI=1S/C13H17N/c1-14-10-4-8-13(14)9-7-11-5-2-3-6-12(11)13/h2-3,5-6H,4,7-10H2,1H3. The maximum Gasteiger partial charge on any atom is 0.0463 e. The second-order valence-corrected chi connectivity index (χ2v) is 4.71. The average Bonchev–Trinajstić information content (AvgIpc) is 2.76. The van der Waals surface area contributed by atoms with Crippen LogP contribution in [0.4, 0.5) is 0 Å². The lowest BCUT2D eigenvalue weighted by atomic mass is 9.89. The fraction of sp³-hybridized carbons (Fsp3) is 0.538. The monoisotopic (exact) mass is 187 g/mol. The number of rotatable bonds is 0. The van der Waals surface area contributed by atoms with E-state index in [1.54, 1.807) is 11.1 Å². The van der Waals surface area contributed by atoms with Crippen LogP contribution in [-0.4, -0.2) is 18.5 Å². The summed E-state index contributed by atoms with van der Waals surface area (Å²) in [5.41, 5.74) is 3.61. The molecule has 0 radical (unpaired) electrons. The fourth-order valence-corrected chi connectivity index (χ4v) is 3.34. The summed E-state index contributed by atoms with van der Waals surface area (Å²) in [6.45, 7) is 1.27. The van der Waals surface area contributed by atoms with Crippen LogP contribution in [0.5, 0.6) is 0 Å². The molecular formula is C13H17N. The molecule has 0 saturated carbocycles. The molecule has 1 aromatic rings. The minimum Gasteiger partial charge on any atom is -0.297 e. The summed E-state index contributed by atoms with van der Waals surface area (Å²) in [5, 5.41) is 0. The van der Waals surface area contributed by atoms with Crippen molar-refractivity contribution in [3.05, 3.63) is 35.4 Å². The van der Waals surface area contributed by atoms with Crippen LogP contribution in [0.15, 0.2) is 24.3 Å². The number of nitrogens with zero attached hydrogens (tertiary/aromatic N) is 1. The molecule has 1 aromatic carbocycles. The first kappa shape index (κ1) is 8.49. The molecule has 1 fully saturated rings. The lowest BCUT2D eigenvalue weighted by Crippen LogP contribution is -2.36. The van der Waals surface area contributed by atoms with Crippen molar-refractivity contribution in [2.75, 3.05) is 13.6 Å². The van der Waals surface area contributed by atoms with E-state index >= 15 is 0 Å². The van der Waals surface area contributed by atoms with E-state index in [2.05, 4.69) is 36.2 Å². The first-order valence-electron chi connectivity index (χ1n) is 5.63. The van der Waals surface area contributed by atoms with Gasteiger partial charge in [-0.15, -0.1) is 0 Å². The minimum atomic E-state index is 0.413. The van der Waals surface area contributed by atoms with Gasteiger partial charge < -0.3 is 0 Å². The third-order valence-corrected chi connectivity index (χ3v) is 4.14. The third-order valence-electron chi connectivity index (χ3n) is 4.14. The van der Waals surface area contributed by atoms with Crippen LogP contribution in [0, 0.1) is 0 Å². The fourth-order valence-electron chi connectivity index (χ4n) is 3.34. The van der Waals surface area contributed by atoms with Gasteiger partial charge in [-0.3, -0.25) is 4.90 Å². The van der Waals surface area contributed by atoms with E-state index in [-0.39, 0.29) is 0 Å². The zero-order valence-electron chi connectivity index (χ0n) is 8.79.